The number of aliphatic hydroxyl groups is 1. The van der Waals surface area contributed by atoms with E-state index in [1.54, 1.807) is 0 Å². The number of rotatable bonds is 60. The van der Waals surface area contributed by atoms with Crippen LogP contribution in [0.25, 0.3) is 0 Å². The Morgan fingerprint density at radius 1 is 0.308 bits per heavy atom. The molecule has 2 unspecified atom stereocenters. The van der Waals surface area contributed by atoms with Gasteiger partial charge >= 0.3 is 39.5 Å². The van der Waals surface area contributed by atoms with E-state index in [1.807, 2.05) is 0 Å². The first-order chi connectivity index (χ1) is 37.7. The van der Waals surface area contributed by atoms with Gasteiger partial charge in [-0.25, -0.2) is 9.13 Å². The molecule has 78 heavy (non-hydrogen) atoms. The Labute approximate surface area is 473 Å². The molecule has 3 N–H and O–H groups in total. The van der Waals surface area contributed by atoms with Gasteiger partial charge in [-0.1, -0.05) is 246 Å². The molecule has 19 heteroatoms. The van der Waals surface area contributed by atoms with Gasteiger partial charge in [0.15, 0.2) is 12.2 Å². The molecule has 0 radical (unpaired) electrons. The lowest BCUT2D eigenvalue weighted by Crippen LogP contribution is -2.30. The van der Waals surface area contributed by atoms with Crippen LogP contribution in [0.1, 0.15) is 297 Å². The molecule has 0 aromatic carbocycles. The molecule has 0 bridgehead atoms. The summed E-state index contributed by atoms with van der Waals surface area (Å²) < 4.78 is 67.5. The number of carbonyl (C=O) groups is 4. The summed E-state index contributed by atoms with van der Waals surface area (Å²) >= 11 is 0. The summed E-state index contributed by atoms with van der Waals surface area (Å²) in [7, 11) is -9.86. The zero-order valence-electron chi connectivity index (χ0n) is 49.6. The smallest absolute Gasteiger partial charge is 0.462 e. The van der Waals surface area contributed by atoms with Gasteiger partial charge < -0.3 is 33.8 Å². The van der Waals surface area contributed by atoms with Crippen molar-refractivity contribution in [1.29, 1.82) is 0 Å². The molecule has 0 aliphatic heterocycles. The van der Waals surface area contributed by atoms with Crippen LogP contribution in [-0.2, 0) is 65.4 Å². The summed E-state index contributed by atoms with van der Waals surface area (Å²) in [4.78, 5) is 71.6. The predicted octanol–water partition coefficient (Wildman–Crippen LogP) is 16.0. The molecular formula is C59H114O17P2. The summed E-state index contributed by atoms with van der Waals surface area (Å²) in [5, 5.41) is 10.5. The van der Waals surface area contributed by atoms with Crippen LogP contribution < -0.4 is 0 Å². The van der Waals surface area contributed by atoms with Gasteiger partial charge in [-0.3, -0.25) is 37.3 Å². The Bertz CT molecular complexity index is 1520. The average Bonchev–Trinajstić information content (AvgIpc) is 3.41. The van der Waals surface area contributed by atoms with E-state index in [1.165, 1.54) is 116 Å². The van der Waals surface area contributed by atoms with Crippen molar-refractivity contribution < 1.29 is 80.2 Å². The summed E-state index contributed by atoms with van der Waals surface area (Å²) in [5.41, 5.74) is 0. The molecule has 0 saturated carbocycles. The molecule has 17 nitrogen and oxygen atoms in total. The Hall–Kier alpha value is -1.94. The highest BCUT2D eigenvalue weighted by Gasteiger charge is 2.30. The van der Waals surface area contributed by atoms with Gasteiger partial charge in [0.25, 0.3) is 0 Å². The molecule has 0 aromatic rings. The first-order valence-electron chi connectivity index (χ1n) is 31.3. The third kappa shape index (κ3) is 53.4. The van der Waals surface area contributed by atoms with E-state index in [9.17, 15) is 43.2 Å². The van der Waals surface area contributed by atoms with Crippen LogP contribution in [-0.4, -0.2) is 96.7 Å². The third-order valence-electron chi connectivity index (χ3n) is 13.6. The summed E-state index contributed by atoms with van der Waals surface area (Å²) in [6, 6.07) is 0. The average molecular weight is 1160 g/mol. The fourth-order valence-corrected chi connectivity index (χ4v) is 10.3. The third-order valence-corrected chi connectivity index (χ3v) is 15.5. The second-order valence-corrected chi connectivity index (χ2v) is 24.3. The van der Waals surface area contributed by atoms with Crippen LogP contribution in [0.15, 0.2) is 0 Å². The Balaban J connectivity index is 5.13. The number of ether oxygens (including phenoxy) is 4. The predicted molar refractivity (Wildman–Crippen MR) is 308 cm³/mol. The highest BCUT2D eigenvalue weighted by molar-refractivity contribution is 7.47. The van der Waals surface area contributed by atoms with Crippen LogP contribution in [0.2, 0.25) is 0 Å². The topological polar surface area (TPSA) is 237 Å². The fourth-order valence-electron chi connectivity index (χ4n) is 8.75. The number of hydrogen-bond acceptors (Lipinski definition) is 15. The van der Waals surface area contributed by atoms with Crippen molar-refractivity contribution in [3.63, 3.8) is 0 Å². The number of phosphoric ester groups is 2. The molecule has 0 aliphatic carbocycles. The molecule has 0 aliphatic rings. The second kappa shape index (κ2) is 54.3. The van der Waals surface area contributed by atoms with Crippen LogP contribution in [0.5, 0.6) is 0 Å². The van der Waals surface area contributed by atoms with E-state index in [0.29, 0.717) is 25.7 Å². The van der Waals surface area contributed by atoms with E-state index in [0.717, 1.165) is 103 Å². The maximum atomic E-state index is 12.9. The summed E-state index contributed by atoms with van der Waals surface area (Å²) in [6.07, 6.45) is 38.0. The zero-order chi connectivity index (χ0) is 57.6. The monoisotopic (exact) mass is 1160 g/mol. The zero-order valence-corrected chi connectivity index (χ0v) is 51.4. The van der Waals surface area contributed by atoms with Gasteiger partial charge in [0, 0.05) is 25.7 Å². The molecule has 0 amide bonds. The molecule has 462 valence electrons. The number of esters is 4. The van der Waals surface area contributed by atoms with Crippen molar-refractivity contribution in [3.8, 4) is 0 Å². The van der Waals surface area contributed by atoms with Crippen LogP contribution in [0.4, 0.5) is 0 Å². The number of hydrogen-bond donors (Lipinski definition) is 3. The summed E-state index contributed by atoms with van der Waals surface area (Å²) in [6.45, 7) is 4.73. The minimum Gasteiger partial charge on any atom is -0.462 e. The standard InChI is InChI=1S/C59H114O17P2/c1-5-9-13-17-20-23-24-25-26-27-28-29-31-34-38-42-46-59(64)76-55(50-70-57(62)44-40-36-33-30-21-18-14-10-6-2)52-74-78(67,68)72-48-53(60)47-71-77(65,66)73-51-54(49-69-56(61)43-39-35-16-12-8-4)75-58(63)45-41-37-32-22-19-15-11-7-3/h53-55,60H,5-52H2,1-4H3,(H,65,66)(H,67,68)/t53-,54+,55+/m0/s1. The molecule has 5 atom stereocenters. The fraction of sp³-hybridized carbons (Fsp3) is 0.932. The highest BCUT2D eigenvalue weighted by atomic mass is 31.2. The van der Waals surface area contributed by atoms with Crippen LogP contribution in [0.3, 0.4) is 0 Å². The van der Waals surface area contributed by atoms with Gasteiger partial charge in [-0.05, 0) is 25.7 Å². The first-order valence-corrected chi connectivity index (χ1v) is 34.3. The first kappa shape index (κ1) is 76.1. The van der Waals surface area contributed by atoms with Crippen molar-refractivity contribution in [2.75, 3.05) is 39.6 Å². The molecule has 0 rings (SSSR count). The maximum Gasteiger partial charge on any atom is 0.472 e. The van der Waals surface area contributed by atoms with E-state index < -0.39 is 97.5 Å². The normalized spacial score (nSPS) is 14.3. The van der Waals surface area contributed by atoms with Gasteiger partial charge in [-0.15, -0.1) is 0 Å². The SMILES string of the molecule is CCCCCCCCCCCCCCCCCCC(=O)O[C@H](COC(=O)CCCCCCCCCCC)COP(=O)(O)OC[C@@H](O)COP(=O)(O)OC[C@@H](COC(=O)CCCCCCC)OC(=O)CCCCCCCCCC. The van der Waals surface area contributed by atoms with Gasteiger partial charge in [-0.2, -0.15) is 0 Å². The van der Waals surface area contributed by atoms with E-state index in [4.69, 9.17) is 37.0 Å². The lowest BCUT2D eigenvalue weighted by Gasteiger charge is -2.21. The molecule has 0 spiro atoms. The Kier molecular flexibility index (Phi) is 53.0. The largest absolute Gasteiger partial charge is 0.472 e. The lowest BCUT2D eigenvalue weighted by molar-refractivity contribution is -0.161. The molecule has 0 saturated heterocycles. The van der Waals surface area contributed by atoms with Crippen molar-refractivity contribution >= 4 is 39.5 Å². The van der Waals surface area contributed by atoms with Crippen LogP contribution >= 0.6 is 15.6 Å². The quantitative estimate of drug-likeness (QED) is 0.0222. The Morgan fingerprint density at radius 3 is 0.756 bits per heavy atom. The summed E-state index contributed by atoms with van der Waals surface area (Å²) in [5.74, 6) is -2.15. The number of unbranched alkanes of at least 4 members (excludes halogenated alkanes) is 34. The van der Waals surface area contributed by atoms with E-state index in [-0.39, 0.29) is 25.7 Å². The molecule has 0 heterocycles. The van der Waals surface area contributed by atoms with Crippen molar-refractivity contribution in [1.82, 2.24) is 0 Å². The maximum absolute atomic E-state index is 12.9. The lowest BCUT2D eigenvalue weighted by atomic mass is 10.0. The number of carbonyl (C=O) groups excluding carboxylic acids is 4. The highest BCUT2D eigenvalue weighted by Crippen LogP contribution is 2.45. The van der Waals surface area contributed by atoms with Crippen molar-refractivity contribution in [3.05, 3.63) is 0 Å². The molecule has 0 fully saturated rings. The van der Waals surface area contributed by atoms with E-state index in [2.05, 4.69) is 27.7 Å². The number of aliphatic hydroxyl groups excluding tert-OH is 1. The number of phosphoric acid groups is 2. The van der Waals surface area contributed by atoms with E-state index >= 15 is 0 Å². The minimum absolute atomic E-state index is 0.104. The Morgan fingerprint density at radius 2 is 0.513 bits per heavy atom. The van der Waals surface area contributed by atoms with Gasteiger partial charge in [0.1, 0.15) is 19.3 Å². The van der Waals surface area contributed by atoms with Crippen molar-refractivity contribution in [2.45, 2.75) is 316 Å². The second-order valence-electron chi connectivity index (χ2n) is 21.4. The molecule has 0 aromatic heterocycles. The molecular weight excluding hydrogens is 1040 g/mol. The minimum atomic E-state index is -4.93. The van der Waals surface area contributed by atoms with Crippen LogP contribution in [0, 0.1) is 0 Å². The van der Waals surface area contributed by atoms with Crippen molar-refractivity contribution in [2.24, 2.45) is 0 Å². The van der Waals surface area contributed by atoms with Gasteiger partial charge in [0.2, 0.25) is 0 Å². The van der Waals surface area contributed by atoms with Gasteiger partial charge in [0.05, 0.1) is 26.4 Å².